The number of anilines is 2. The zero-order chi connectivity index (χ0) is 22.6. The summed E-state index contributed by atoms with van der Waals surface area (Å²) in [5.41, 5.74) is 7.50. The summed E-state index contributed by atoms with van der Waals surface area (Å²) in [6, 6.07) is 7.78. The quantitative estimate of drug-likeness (QED) is 0.609. The average molecular weight is 457 g/mol. The van der Waals surface area contributed by atoms with Crippen LogP contribution in [0, 0.1) is 6.92 Å². The lowest BCUT2D eigenvalue weighted by molar-refractivity contribution is -0.153. The fourth-order valence-electron chi connectivity index (χ4n) is 3.88. The summed E-state index contributed by atoms with van der Waals surface area (Å²) in [5, 5.41) is 0.238. The smallest absolute Gasteiger partial charge is 0.397 e. The zero-order valence-electron chi connectivity index (χ0n) is 17.2. The molecule has 0 radical (unpaired) electrons. The Morgan fingerprint density at radius 3 is 2.65 bits per heavy atom. The van der Waals surface area contributed by atoms with Gasteiger partial charge in [-0.05, 0) is 43.4 Å². The number of hydrazine groups is 1. The Bertz CT molecular complexity index is 931. The summed E-state index contributed by atoms with van der Waals surface area (Å²) in [5.74, 6) is 0.120. The van der Waals surface area contributed by atoms with E-state index in [9.17, 15) is 18.0 Å². The van der Waals surface area contributed by atoms with E-state index < -0.39 is 18.5 Å². The van der Waals surface area contributed by atoms with Crippen LogP contribution in [0.3, 0.4) is 0 Å². The molecule has 1 aliphatic heterocycles. The van der Waals surface area contributed by atoms with Crippen LogP contribution in [-0.4, -0.2) is 37.3 Å². The molecule has 1 saturated heterocycles. The maximum absolute atomic E-state index is 12.3. The molecule has 1 aromatic heterocycles. The van der Waals surface area contributed by atoms with Crippen LogP contribution in [0.25, 0.3) is 0 Å². The number of piperidine rings is 1. The first-order valence-corrected chi connectivity index (χ1v) is 10.2. The van der Waals surface area contributed by atoms with Gasteiger partial charge in [-0.15, -0.1) is 0 Å². The molecule has 1 aromatic carbocycles. The summed E-state index contributed by atoms with van der Waals surface area (Å²) >= 11 is 6.42. The Balaban J connectivity index is 1.66. The molecule has 0 atom stereocenters. The number of nitrogens with one attached hydrogen (secondary N) is 2. The highest BCUT2D eigenvalue weighted by Gasteiger charge is 2.31. The Morgan fingerprint density at radius 2 is 2.00 bits per heavy atom. The number of alkyl halides is 3. The molecule has 3 rings (SSSR count). The minimum absolute atomic E-state index is 0.0948. The van der Waals surface area contributed by atoms with Crippen molar-refractivity contribution >= 4 is 29.0 Å². The monoisotopic (exact) mass is 456 g/mol. The fourth-order valence-corrected chi connectivity index (χ4v) is 4.16. The number of hydrogen-bond donors (Lipinski definition) is 2. The van der Waals surface area contributed by atoms with Gasteiger partial charge in [0.25, 0.3) is 0 Å². The molecule has 6 nitrogen and oxygen atoms in total. The SMILES string of the molecule is COc1cccc(C)c1C1CCN(c2ccnc(NNC(=O)CC(F)(F)F)c2Cl)CC1. The number of benzene rings is 1. The van der Waals surface area contributed by atoms with Gasteiger partial charge in [0.05, 0.1) is 12.8 Å². The second kappa shape index (κ2) is 9.64. The summed E-state index contributed by atoms with van der Waals surface area (Å²) < 4.78 is 42.4. The maximum atomic E-state index is 12.3. The van der Waals surface area contributed by atoms with E-state index in [0.29, 0.717) is 11.6 Å². The van der Waals surface area contributed by atoms with Crippen molar-refractivity contribution in [2.24, 2.45) is 0 Å². The molecule has 0 bridgehead atoms. The summed E-state index contributed by atoms with van der Waals surface area (Å²) in [6.07, 6.45) is -2.89. The Hall–Kier alpha value is -2.68. The predicted molar refractivity (Wildman–Crippen MR) is 114 cm³/mol. The van der Waals surface area contributed by atoms with Gasteiger partial charge in [0.1, 0.15) is 17.2 Å². The third-order valence-electron chi connectivity index (χ3n) is 5.30. The third kappa shape index (κ3) is 5.72. The minimum atomic E-state index is -4.59. The standard InChI is InChI=1S/C21H24ClF3N4O2/c1-13-4-3-5-16(31-2)18(13)14-7-10-29(11-8-14)15-6-9-26-20(19(15)22)28-27-17(30)12-21(23,24)25/h3-6,9,14H,7-8,10-12H2,1-2H3,(H,26,28)(H,27,30). The number of nitrogens with zero attached hydrogens (tertiary/aromatic N) is 2. The van der Waals surface area contributed by atoms with Crippen molar-refractivity contribution in [1.29, 1.82) is 0 Å². The summed E-state index contributed by atoms with van der Waals surface area (Å²) in [6.45, 7) is 3.56. The number of aryl methyl sites for hydroxylation is 1. The zero-order valence-corrected chi connectivity index (χ0v) is 18.0. The molecule has 2 heterocycles. The van der Waals surface area contributed by atoms with Gasteiger partial charge in [0, 0.05) is 24.8 Å². The van der Waals surface area contributed by atoms with Crippen molar-refractivity contribution in [3.05, 3.63) is 46.6 Å². The van der Waals surface area contributed by atoms with Crippen LogP contribution in [0.15, 0.2) is 30.5 Å². The normalized spacial score (nSPS) is 15.0. The molecule has 10 heteroatoms. The van der Waals surface area contributed by atoms with Crippen LogP contribution in [0.5, 0.6) is 5.75 Å². The van der Waals surface area contributed by atoms with Crippen LogP contribution in [-0.2, 0) is 4.79 Å². The Labute approximate surface area is 183 Å². The highest BCUT2D eigenvalue weighted by Crippen LogP contribution is 2.39. The van der Waals surface area contributed by atoms with Crippen LogP contribution in [0.1, 0.15) is 36.3 Å². The topological polar surface area (TPSA) is 66.5 Å². The molecule has 0 aliphatic carbocycles. The number of pyridine rings is 1. The molecule has 0 saturated carbocycles. The maximum Gasteiger partial charge on any atom is 0.397 e. The van der Waals surface area contributed by atoms with Crippen molar-refractivity contribution in [3.8, 4) is 5.75 Å². The number of halogens is 4. The van der Waals surface area contributed by atoms with Gasteiger partial charge in [0.15, 0.2) is 5.82 Å². The van der Waals surface area contributed by atoms with Crippen molar-refractivity contribution in [2.75, 3.05) is 30.5 Å². The molecule has 168 valence electrons. The molecule has 1 fully saturated rings. The van der Waals surface area contributed by atoms with Gasteiger partial charge < -0.3 is 9.64 Å². The number of ether oxygens (including phenoxy) is 1. The first-order valence-electron chi connectivity index (χ1n) is 9.84. The van der Waals surface area contributed by atoms with Gasteiger partial charge in [-0.2, -0.15) is 13.2 Å². The van der Waals surface area contributed by atoms with Crippen molar-refractivity contribution in [3.63, 3.8) is 0 Å². The second-order valence-corrected chi connectivity index (χ2v) is 7.79. The number of methoxy groups -OCH3 is 1. The molecule has 0 unspecified atom stereocenters. The van der Waals surface area contributed by atoms with Gasteiger partial charge in [-0.3, -0.25) is 15.6 Å². The van der Waals surface area contributed by atoms with E-state index in [1.165, 1.54) is 17.3 Å². The average Bonchev–Trinajstić information content (AvgIpc) is 2.72. The van der Waals surface area contributed by atoms with Crippen LogP contribution in [0.4, 0.5) is 24.7 Å². The van der Waals surface area contributed by atoms with Gasteiger partial charge >= 0.3 is 6.18 Å². The molecule has 2 aromatic rings. The highest BCUT2D eigenvalue weighted by molar-refractivity contribution is 6.35. The van der Waals surface area contributed by atoms with Crippen LogP contribution < -0.4 is 20.5 Å². The fraction of sp³-hybridized carbons (Fsp3) is 0.429. The second-order valence-electron chi connectivity index (χ2n) is 7.41. The number of rotatable bonds is 6. The molecular formula is C21H24ClF3N4O2. The number of carbonyl (C=O) groups is 1. The van der Waals surface area contributed by atoms with E-state index in [-0.39, 0.29) is 10.8 Å². The van der Waals surface area contributed by atoms with Crippen LogP contribution >= 0.6 is 11.6 Å². The lowest BCUT2D eigenvalue weighted by atomic mass is 9.86. The minimum Gasteiger partial charge on any atom is -0.496 e. The number of amides is 1. The van der Waals surface area contributed by atoms with Crippen molar-refractivity contribution in [1.82, 2.24) is 10.4 Å². The molecule has 1 amide bonds. The van der Waals surface area contributed by atoms with E-state index in [4.69, 9.17) is 16.3 Å². The van der Waals surface area contributed by atoms with E-state index in [1.807, 2.05) is 17.6 Å². The third-order valence-corrected chi connectivity index (χ3v) is 5.67. The molecule has 31 heavy (non-hydrogen) atoms. The number of hydrogen-bond acceptors (Lipinski definition) is 5. The number of carbonyl (C=O) groups excluding carboxylic acids is 1. The van der Waals surface area contributed by atoms with E-state index in [0.717, 1.165) is 31.7 Å². The number of aromatic nitrogens is 1. The first kappa shape index (κ1) is 23.0. The molecule has 1 aliphatic rings. The Morgan fingerprint density at radius 1 is 1.29 bits per heavy atom. The van der Waals surface area contributed by atoms with Gasteiger partial charge in [-0.1, -0.05) is 23.7 Å². The van der Waals surface area contributed by atoms with Crippen LogP contribution in [0.2, 0.25) is 5.02 Å². The van der Waals surface area contributed by atoms with Crippen molar-refractivity contribution in [2.45, 2.75) is 38.3 Å². The lowest BCUT2D eigenvalue weighted by Gasteiger charge is -2.35. The highest BCUT2D eigenvalue weighted by atomic mass is 35.5. The largest absolute Gasteiger partial charge is 0.496 e. The molecule has 2 N–H and O–H groups in total. The van der Waals surface area contributed by atoms with Gasteiger partial charge in [0.2, 0.25) is 5.91 Å². The van der Waals surface area contributed by atoms with E-state index in [1.54, 1.807) is 13.2 Å². The lowest BCUT2D eigenvalue weighted by Crippen LogP contribution is -2.35. The summed E-state index contributed by atoms with van der Waals surface area (Å²) in [7, 11) is 1.67. The van der Waals surface area contributed by atoms with E-state index >= 15 is 0 Å². The Kier molecular flexibility index (Phi) is 7.15. The van der Waals surface area contributed by atoms with E-state index in [2.05, 4.69) is 28.3 Å². The molecular weight excluding hydrogens is 433 g/mol. The first-order chi connectivity index (χ1) is 14.7. The molecule has 0 spiro atoms. The summed E-state index contributed by atoms with van der Waals surface area (Å²) in [4.78, 5) is 17.5. The van der Waals surface area contributed by atoms with Gasteiger partial charge in [-0.25, -0.2) is 4.98 Å². The predicted octanol–water partition coefficient (Wildman–Crippen LogP) is 4.83. The van der Waals surface area contributed by atoms with Crippen molar-refractivity contribution < 1.29 is 22.7 Å².